The molecule has 1 unspecified atom stereocenters. The SMILES string of the molecule is CCNC(C)c1ccccc1OCc1ccc(C)cc1. The third-order valence-corrected chi connectivity index (χ3v) is 3.41. The van der Waals surface area contributed by atoms with Crippen LogP contribution in [-0.4, -0.2) is 6.54 Å². The van der Waals surface area contributed by atoms with E-state index in [1.54, 1.807) is 0 Å². The molecule has 0 aliphatic carbocycles. The van der Waals surface area contributed by atoms with Crippen LogP contribution in [0, 0.1) is 6.92 Å². The van der Waals surface area contributed by atoms with Gasteiger partial charge in [0.15, 0.2) is 0 Å². The van der Waals surface area contributed by atoms with Crippen molar-refractivity contribution in [2.24, 2.45) is 0 Å². The largest absolute Gasteiger partial charge is 0.489 e. The van der Waals surface area contributed by atoms with Crippen molar-refractivity contribution < 1.29 is 4.74 Å². The van der Waals surface area contributed by atoms with Crippen LogP contribution >= 0.6 is 0 Å². The number of hydrogen-bond acceptors (Lipinski definition) is 2. The molecule has 0 saturated carbocycles. The van der Waals surface area contributed by atoms with Crippen molar-refractivity contribution in [1.82, 2.24) is 5.32 Å². The highest BCUT2D eigenvalue weighted by Gasteiger charge is 2.10. The zero-order valence-electron chi connectivity index (χ0n) is 12.5. The summed E-state index contributed by atoms with van der Waals surface area (Å²) in [6.07, 6.45) is 0. The lowest BCUT2D eigenvalue weighted by Crippen LogP contribution is -2.18. The number of rotatable bonds is 6. The normalized spacial score (nSPS) is 12.2. The minimum absolute atomic E-state index is 0.300. The van der Waals surface area contributed by atoms with Crippen LogP contribution in [0.1, 0.15) is 36.6 Å². The lowest BCUT2D eigenvalue weighted by Gasteiger charge is -2.17. The molecule has 0 fully saturated rings. The van der Waals surface area contributed by atoms with E-state index >= 15 is 0 Å². The van der Waals surface area contributed by atoms with Gasteiger partial charge in [-0.1, -0.05) is 55.0 Å². The lowest BCUT2D eigenvalue weighted by molar-refractivity contribution is 0.300. The summed E-state index contributed by atoms with van der Waals surface area (Å²) in [4.78, 5) is 0. The van der Waals surface area contributed by atoms with Gasteiger partial charge in [0.05, 0.1) is 0 Å². The van der Waals surface area contributed by atoms with Crippen LogP contribution in [0.2, 0.25) is 0 Å². The fourth-order valence-electron chi connectivity index (χ4n) is 2.23. The van der Waals surface area contributed by atoms with Crippen molar-refractivity contribution in [2.45, 2.75) is 33.4 Å². The molecule has 0 saturated heterocycles. The van der Waals surface area contributed by atoms with Gasteiger partial charge in [0.25, 0.3) is 0 Å². The van der Waals surface area contributed by atoms with Gasteiger partial charge in [-0.3, -0.25) is 0 Å². The number of para-hydroxylation sites is 1. The van der Waals surface area contributed by atoms with Crippen molar-refractivity contribution in [1.29, 1.82) is 0 Å². The smallest absolute Gasteiger partial charge is 0.124 e. The van der Waals surface area contributed by atoms with Crippen LogP contribution in [0.4, 0.5) is 0 Å². The molecule has 0 bridgehead atoms. The van der Waals surface area contributed by atoms with Crippen molar-refractivity contribution in [2.75, 3.05) is 6.54 Å². The number of hydrogen-bond donors (Lipinski definition) is 1. The zero-order chi connectivity index (χ0) is 14.4. The molecule has 20 heavy (non-hydrogen) atoms. The number of aryl methyl sites for hydroxylation is 1. The van der Waals surface area contributed by atoms with E-state index in [4.69, 9.17) is 4.74 Å². The van der Waals surface area contributed by atoms with Crippen molar-refractivity contribution in [3.05, 3.63) is 65.2 Å². The molecule has 0 heterocycles. The summed E-state index contributed by atoms with van der Waals surface area (Å²) < 4.78 is 5.99. The molecule has 0 aromatic heterocycles. The maximum atomic E-state index is 5.99. The highest BCUT2D eigenvalue weighted by molar-refractivity contribution is 5.36. The summed E-state index contributed by atoms with van der Waals surface area (Å²) in [5.74, 6) is 0.960. The first-order valence-corrected chi connectivity index (χ1v) is 7.21. The second-order valence-electron chi connectivity index (χ2n) is 5.09. The number of benzene rings is 2. The van der Waals surface area contributed by atoms with E-state index in [1.807, 2.05) is 12.1 Å². The van der Waals surface area contributed by atoms with E-state index in [0.29, 0.717) is 12.6 Å². The number of nitrogens with one attached hydrogen (secondary N) is 1. The maximum absolute atomic E-state index is 5.99. The molecule has 1 N–H and O–H groups in total. The van der Waals surface area contributed by atoms with Crippen LogP contribution in [-0.2, 0) is 6.61 Å². The topological polar surface area (TPSA) is 21.3 Å². The molecular formula is C18H23NO. The molecular weight excluding hydrogens is 246 g/mol. The molecule has 0 amide bonds. The van der Waals surface area contributed by atoms with Crippen molar-refractivity contribution in [3.8, 4) is 5.75 Å². The Bertz CT molecular complexity index is 533. The highest BCUT2D eigenvalue weighted by Crippen LogP contribution is 2.25. The third kappa shape index (κ3) is 3.84. The van der Waals surface area contributed by atoms with E-state index < -0.39 is 0 Å². The maximum Gasteiger partial charge on any atom is 0.124 e. The zero-order valence-corrected chi connectivity index (χ0v) is 12.5. The van der Waals surface area contributed by atoms with Crippen molar-refractivity contribution in [3.63, 3.8) is 0 Å². The molecule has 0 radical (unpaired) electrons. The molecule has 0 aliphatic heterocycles. The van der Waals surface area contributed by atoms with Gasteiger partial charge in [-0.15, -0.1) is 0 Å². The molecule has 0 spiro atoms. The van der Waals surface area contributed by atoms with E-state index in [0.717, 1.165) is 12.3 Å². The lowest BCUT2D eigenvalue weighted by atomic mass is 10.1. The van der Waals surface area contributed by atoms with Gasteiger partial charge < -0.3 is 10.1 Å². The van der Waals surface area contributed by atoms with E-state index in [-0.39, 0.29) is 0 Å². The molecule has 2 rings (SSSR count). The molecule has 0 aliphatic rings. The third-order valence-electron chi connectivity index (χ3n) is 3.41. The Balaban J connectivity index is 2.07. The Morgan fingerprint density at radius 3 is 2.45 bits per heavy atom. The van der Waals surface area contributed by atoms with Gasteiger partial charge in [0.1, 0.15) is 12.4 Å². The Kier molecular flexibility index (Phi) is 5.19. The van der Waals surface area contributed by atoms with E-state index in [2.05, 4.69) is 62.5 Å². The van der Waals surface area contributed by atoms with Gasteiger partial charge in [-0.2, -0.15) is 0 Å². The van der Waals surface area contributed by atoms with Gasteiger partial charge in [0.2, 0.25) is 0 Å². The van der Waals surface area contributed by atoms with Gasteiger partial charge in [-0.05, 0) is 32.0 Å². The predicted octanol–water partition coefficient (Wildman–Crippen LogP) is 4.24. The molecule has 106 valence electrons. The molecule has 2 heteroatoms. The fraction of sp³-hybridized carbons (Fsp3) is 0.333. The Morgan fingerprint density at radius 1 is 1.05 bits per heavy atom. The summed E-state index contributed by atoms with van der Waals surface area (Å²) >= 11 is 0. The quantitative estimate of drug-likeness (QED) is 0.846. The Labute approximate surface area is 121 Å². The summed E-state index contributed by atoms with van der Waals surface area (Å²) in [5, 5.41) is 3.43. The standard InChI is InChI=1S/C18H23NO/c1-4-19-15(3)17-7-5-6-8-18(17)20-13-16-11-9-14(2)10-12-16/h5-12,15,19H,4,13H2,1-3H3. The molecule has 1 atom stereocenters. The highest BCUT2D eigenvalue weighted by atomic mass is 16.5. The van der Waals surface area contributed by atoms with Crippen molar-refractivity contribution >= 4 is 0 Å². The minimum atomic E-state index is 0.300. The first-order valence-electron chi connectivity index (χ1n) is 7.21. The van der Waals surface area contributed by atoms with Gasteiger partial charge >= 0.3 is 0 Å². The molecule has 2 aromatic rings. The predicted molar refractivity (Wildman–Crippen MR) is 84.0 cm³/mol. The first kappa shape index (κ1) is 14.6. The first-order chi connectivity index (χ1) is 9.70. The second-order valence-corrected chi connectivity index (χ2v) is 5.09. The minimum Gasteiger partial charge on any atom is -0.489 e. The van der Waals surface area contributed by atoms with Crippen LogP contribution in [0.5, 0.6) is 5.75 Å². The monoisotopic (exact) mass is 269 g/mol. The van der Waals surface area contributed by atoms with Crippen LogP contribution < -0.4 is 10.1 Å². The second kappa shape index (κ2) is 7.11. The average molecular weight is 269 g/mol. The van der Waals surface area contributed by atoms with Crippen LogP contribution in [0.25, 0.3) is 0 Å². The van der Waals surface area contributed by atoms with Crippen LogP contribution in [0.15, 0.2) is 48.5 Å². The molecule has 2 aromatic carbocycles. The van der Waals surface area contributed by atoms with E-state index in [9.17, 15) is 0 Å². The average Bonchev–Trinajstić information content (AvgIpc) is 2.47. The summed E-state index contributed by atoms with van der Waals surface area (Å²) in [7, 11) is 0. The Hall–Kier alpha value is -1.80. The fourth-order valence-corrected chi connectivity index (χ4v) is 2.23. The van der Waals surface area contributed by atoms with E-state index in [1.165, 1.54) is 16.7 Å². The summed E-state index contributed by atoms with van der Waals surface area (Å²) in [5.41, 5.74) is 3.68. The van der Waals surface area contributed by atoms with Gasteiger partial charge in [-0.25, -0.2) is 0 Å². The summed E-state index contributed by atoms with van der Waals surface area (Å²) in [6.45, 7) is 7.94. The number of ether oxygens (including phenoxy) is 1. The van der Waals surface area contributed by atoms with Gasteiger partial charge in [0, 0.05) is 11.6 Å². The van der Waals surface area contributed by atoms with Crippen LogP contribution in [0.3, 0.4) is 0 Å². The molecule has 2 nitrogen and oxygen atoms in total. The summed E-state index contributed by atoms with van der Waals surface area (Å²) in [6, 6.07) is 17.0. The Morgan fingerprint density at radius 2 is 1.75 bits per heavy atom.